The van der Waals surface area contributed by atoms with Crippen molar-refractivity contribution in [1.29, 1.82) is 0 Å². The number of aromatic amines is 1. The van der Waals surface area contributed by atoms with Crippen molar-refractivity contribution < 1.29 is 14.3 Å². The Kier molecular flexibility index (Phi) is 5.96. The highest BCUT2D eigenvalue weighted by molar-refractivity contribution is 5.78. The first-order chi connectivity index (χ1) is 13.1. The van der Waals surface area contributed by atoms with E-state index in [1.165, 1.54) is 0 Å². The van der Waals surface area contributed by atoms with E-state index in [0.29, 0.717) is 12.4 Å². The summed E-state index contributed by atoms with van der Waals surface area (Å²) in [6, 6.07) is 14.8. The molecule has 0 spiro atoms. The normalized spacial score (nSPS) is 12.1. The average molecular weight is 367 g/mol. The van der Waals surface area contributed by atoms with Crippen LogP contribution >= 0.6 is 0 Å². The molecule has 1 heterocycles. The quantitative estimate of drug-likeness (QED) is 0.634. The number of para-hydroxylation sites is 2. The summed E-state index contributed by atoms with van der Waals surface area (Å²) >= 11 is 0. The molecule has 0 saturated carbocycles. The molecule has 6 nitrogen and oxygen atoms in total. The first-order valence-electron chi connectivity index (χ1n) is 9.16. The molecule has 1 atom stereocenters. The maximum absolute atomic E-state index is 12.4. The van der Waals surface area contributed by atoms with Gasteiger partial charge in [-0.3, -0.25) is 4.79 Å². The summed E-state index contributed by atoms with van der Waals surface area (Å²) < 4.78 is 11.0. The zero-order valence-corrected chi connectivity index (χ0v) is 15.9. The number of nitrogens with zero attached hydrogens (tertiary/aromatic N) is 1. The maximum Gasteiger partial charge on any atom is 0.258 e. The van der Waals surface area contributed by atoms with Gasteiger partial charge in [-0.1, -0.05) is 26.0 Å². The number of amides is 1. The monoisotopic (exact) mass is 367 g/mol. The summed E-state index contributed by atoms with van der Waals surface area (Å²) in [7, 11) is 0. The Morgan fingerprint density at radius 2 is 1.74 bits per heavy atom. The minimum absolute atomic E-state index is 0.0581. The van der Waals surface area contributed by atoms with Gasteiger partial charge in [0.2, 0.25) is 0 Å². The summed E-state index contributed by atoms with van der Waals surface area (Å²) in [6.07, 6.45) is 0. The van der Waals surface area contributed by atoms with Crippen LogP contribution in [0.4, 0.5) is 0 Å². The maximum atomic E-state index is 12.4. The lowest BCUT2D eigenvalue weighted by molar-refractivity contribution is -0.124. The standard InChI is InChI=1S/C21H25N3O3/c1-4-26-15-9-11-16(12-10-15)27-13-19(25)24-20(14(2)3)21-22-17-7-5-6-8-18(17)23-21/h5-12,14,20H,4,13H2,1-3H3,(H,22,23)(H,24,25). The van der Waals surface area contributed by atoms with Crippen molar-refractivity contribution in [3.8, 4) is 11.5 Å². The number of carbonyl (C=O) groups excluding carboxylic acids is 1. The topological polar surface area (TPSA) is 76.2 Å². The second-order valence-corrected chi connectivity index (χ2v) is 6.62. The molecule has 0 aliphatic rings. The number of H-pyrrole nitrogens is 1. The molecule has 3 rings (SSSR count). The molecule has 0 aliphatic heterocycles. The van der Waals surface area contributed by atoms with Gasteiger partial charge in [0.1, 0.15) is 17.3 Å². The van der Waals surface area contributed by atoms with Gasteiger partial charge < -0.3 is 19.8 Å². The fourth-order valence-corrected chi connectivity index (χ4v) is 2.83. The fourth-order valence-electron chi connectivity index (χ4n) is 2.83. The second-order valence-electron chi connectivity index (χ2n) is 6.62. The molecule has 0 fully saturated rings. The lowest BCUT2D eigenvalue weighted by atomic mass is 10.0. The summed E-state index contributed by atoms with van der Waals surface area (Å²) in [5, 5.41) is 3.01. The second kappa shape index (κ2) is 8.58. The van der Waals surface area contributed by atoms with Crippen LogP contribution in [0.3, 0.4) is 0 Å². The molecule has 1 amide bonds. The number of ether oxygens (including phenoxy) is 2. The number of fused-ring (bicyclic) bond motifs is 1. The van der Waals surface area contributed by atoms with E-state index in [0.717, 1.165) is 22.6 Å². The number of hydrogen-bond acceptors (Lipinski definition) is 4. The largest absolute Gasteiger partial charge is 0.494 e. The Balaban J connectivity index is 1.61. The molecule has 0 aliphatic carbocycles. The number of carbonyl (C=O) groups is 1. The van der Waals surface area contributed by atoms with Crippen LogP contribution in [-0.2, 0) is 4.79 Å². The third-order valence-corrected chi connectivity index (χ3v) is 4.19. The number of aromatic nitrogens is 2. The van der Waals surface area contributed by atoms with Crippen molar-refractivity contribution in [2.75, 3.05) is 13.2 Å². The van der Waals surface area contributed by atoms with Gasteiger partial charge >= 0.3 is 0 Å². The fraction of sp³-hybridized carbons (Fsp3) is 0.333. The van der Waals surface area contributed by atoms with E-state index in [1.54, 1.807) is 12.1 Å². The lowest BCUT2D eigenvalue weighted by Gasteiger charge is -2.20. The molecular formula is C21H25N3O3. The predicted molar refractivity (Wildman–Crippen MR) is 105 cm³/mol. The van der Waals surface area contributed by atoms with Crippen molar-refractivity contribution in [2.24, 2.45) is 5.92 Å². The SMILES string of the molecule is CCOc1ccc(OCC(=O)NC(c2nc3ccccc3[nH]2)C(C)C)cc1. The van der Waals surface area contributed by atoms with Gasteiger partial charge in [-0.25, -0.2) is 4.98 Å². The van der Waals surface area contributed by atoms with E-state index in [1.807, 2.05) is 57.2 Å². The first kappa shape index (κ1) is 18.8. The van der Waals surface area contributed by atoms with Crippen LogP contribution in [0.5, 0.6) is 11.5 Å². The van der Waals surface area contributed by atoms with Crippen molar-refractivity contribution in [3.05, 3.63) is 54.4 Å². The van der Waals surface area contributed by atoms with Crippen LogP contribution in [-0.4, -0.2) is 29.1 Å². The molecular weight excluding hydrogens is 342 g/mol. The van der Waals surface area contributed by atoms with E-state index in [2.05, 4.69) is 15.3 Å². The van der Waals surface area contributed by atoms with E-state index >= 15 is 0 Å². The number of nitrogens with one attached hydrogen (secondary N) is 2. The molecule has 0 bridgehead atoms. The average Bonchev–Trinajstić information content (AvgIpc) is 3.09. The van der Waals surface area contributed by atoms with Gasteiger partial charge in [-0.05, 0) is 49.2 Å². The molecule has 3 aromatic rings. The molecule has 0 saturated heterocycles. The van der Waals surface area contributed by atoms with Crippen molar-refractivity contribution >= 4 is 16.9 Å². The van der Waals surface area contributed by atoms with Crippen molar-refractivity contribution in [2.45, 2.75) is 26.8 Å². The third kappa shape index (κ3) is 4.78. The predicted octanol–water partition coefficient (Wildman–Crippen LogP) is 3.85. The Bertz CT molecular complexity index is 854. The van der Waals surface area contributed by atoms with E-state index < -0.39 is 0 Å². The van der Waals surface area contributed by atoms with Crippen LogP contribution in [0.15, 0.2) is 48.5 Å². The molecule has 1 unspecified atom stereocenters. The highest BCUT2D eigenvalue weighted by atomic mass is 16.5. The van der Waals surface area contributed by atoms with E-state index in [9.17, 15) is 4.79 Å². The summed E-state index contributed by atoms with van der Waals surface area (Å²) in [5.74, 6) is 2.14. The number of imidazole rings is 1. The molecule has 2 aromatic carbocycles. The summed E-state index contributed by atoms with van der Waals surface area (Å²) in [4.78, 5) is 20.3. The first-order valence-corrected chi connectivity index (χ1v) is 9.16. The van der Waals surface area contributed by atoms with Gasteiger partial charge in [0.25, 0.3) is 5.91 Å². The van der Waals surface area contributed by atoms with Crippen LogP contribution in [0.25, 0.3) is 11.0 Å². The molecule has 6 heteroatoms. The Morgan fingerprint density at radius 3 is 2.37 bits per heavy atom. The third-order valence-electron chi connectivity index (χ3n) is 4.19. The highest BCUT2D eigenvalue weighted by Crippen LogP contribution is 2.22. The zero-order chi connectivity index (χ0) is 19.2. The molecule has 1 aromatic heterocycles. The van der Waals surface area contributed by atoms with Crippen LogP contribution < -0.4 is 14.8 Å². The van der Waals surface area contributed by atoms with Gasteiger partial charge in [-0.15, -0.1) is 0 Å². The zero-order valence-electron chi connectivity index (χ0n) is 15.9. The number of rotatable bonds is 8. The van der Waals surface area contributed by atoms with Gasteiger partial charge in [-0.2, -0.15) is 0 Å². The smallest absolute Gasteiger partial charge is 0.258 e. The lowest BCUT2D eigenvalue weighted by Crippen LogP contribution is -2.35. The minimum Gasteiger partial charge on any atom is -0.494 e. The summed E-state index contributed by atoms with van der Waals surface area (Å²) in [6.45, 7) is 6.58. The van der Waals surface area contributed by atoms with Crippen molar-refractivity contribution in [1.82, 2.24) is 15.3 Å². The van der Waals surface area contributed by atoms with Crippen LogP contribution in [0.2, 0.25) is 0 Å². The Morgan fingerprint density at radius 1 is 1.07 bits per heavy atom. The molecule has 2 N–H and O–H groups in total. The number of hydrogen-bond donors (Lipinski definition) is 2. The van der Waals surface area contributed by atoms with Crippen molar-refractivity contribution in [3.63, 3.8) is 0 Å². The van der Waals surface area contributed by atoms with Gasteiger partial charge in [0.05, 0.1) is 23.7 Å². The van der Waals surface area contributed by atoms with E-state index in [-0.39, 0.29) is 24.5 Å². The number of benzene rings is 2. The Labute approximate surface area is 158 Å². The van der Waals surface area contributed by atoms with Crippen LogP contribution in [0.1, 0.15) is 32.6 Å². The summed E-state index contributed by atoms with van der Waals surface area (Å²) in [5.41, 5.74) is 1.84. The Hall–Kier alpha value is -3.02. The van der Waals surface area contributed by atoms with Gasteiger partial charge in [0.15, 0.2) is 6.61 Å². The van der Waals surface area contributed by atoms with Gasteiger partial charge in [0, 0.05) is 0 Å². The van der Waals surface area contributed by atoms with Crippen LogP contribution in [0, 0.1) is 5.92 Å². The molecule has 0 radical (unpaired) electrons. The highest BCUT2D eigenvalue weighted by Gasteiger charge is 2.22. The van der Waals surface area contributed by atoms with E-state index in [4.69, 9.17) is 9.47 Å². The minimum atomic E-state index is -0.214. The molecule has 27 heavy (non-hydrogen) atoms. The molecule has 142 valence electrons.